The number of rotatable bonds is 2. The van der Waals surface area contributed by atoms with Crippen LogP contribution in [0, 0.1) is 6.92 Å². The first kappa shape index (κ1) is 11.0. The number of aliphatic hydroxyl groups is 1. The molecule has 0 saturated heterocycles. The number of hydrogen-bond acceptors (Lipinski definition) is 2. The van der Waals surface area contributed by atoms with Gasteiger partial charge in [0.15, 0.2) is 0 Å². The summed E-state index contributed by atoms with van der Waals surface area (Å²) in [4.78, 5) is 7.33. The highest BCUT2D eigenvalue weighted by Crippen LogP contribution is 2.23. The van der Waals surface area contributed by atoms with Gasteiger partial charge in [0.2, 0.25) is 0 Å². The first-order valence-corrected chi connectivity index (χ1v) is 5.92. The maximum Gasteiger partial charge on any atom is 0.137 e. The number of aryl methyl sites for hydroxylation is 1. The molecule has 2 N–H and O–H groups in total. The Hall–Kier alpha value is -2.13. The summed E-state index contributed by atoms with van der Waals surface area (Å²) in [5.41, 5.74) is 3.73. The molecule has 3 heteroatoms. The van der Waals surface area contributed by atoms with Crippen LogP contribution in [-0.2, 0) is 0 Å². The van der Waals surface area contributed by atoms with E-state index >= 15 is 0 Å². The molecular weight excluding hydrogens is 224 g/mol. The first-order valence-electron chi connectivity index (χ1n) is 5.92. The van der Waals surface area contributed by atoms with Gasteiger partial charge >= 0.3 is 0 Å². The Kier molecular flexibility index (Phi) is 2.61. The molecular formula is C15H14N2O. The van der Waals surface area contributed by atoms with Gasteiger partial charge in [0.25, 0.3) is 0 Å². The van der Waals surface area contributed by atoms with Gasteiger partial charge in [0.05, 0.1) is 0 Å². The van der Waals surface area contributed by atoms with Gasteiger partial charge < -0.3 is 10.1 Å². The molecule has 0 bridgehead atoms. The zero-order chi connectivity index (χ0) is 12.5. The first-order chi connectivity index (χ1) is 8.74. The normalized spacial score (nSPS) is 12.8. The fourth-order valence-corrected chi connectivity index (χ4v) is 2.05. The van der Waals surface area contributed by atoms with E-state index in [9.17, 15) is 5.11 Å². The van der Waals surface area contributed by atoms with Gasteiger partial charge in [-0.2, -0.15) is 0 Å². The molecule has 0 amide bonds. The Morgan fingerprint density at radius 2 is 1.89 bits per heavy atom. The summed E-state index contributed by atoms with van der Waals surface area (Å²) >= 11 is 0. The van der Waals surface area contributed by atoms with Crippen molar-refractivity contribution in [3.63, 3.8) is 0 Å². The Labute approximate surface area is 105 Å². The molecule has 0 spiro atoms. The van der Waals surface area contributed by atoms with Gasteiger partial charge in [0, 0.05) is 23.3 Å². The van der Waals surface area contributed by atoms with Gasteiger partial charge in [-0.15, -0.1) is 0 Å². The molecule has 3 aromatic rings. The van der Waals surface area contributed by atoms with Crippen molar-refractivity contribution in [3.05, 3.63) is 65.5 Å². The van der Waals surface area contributed by atoms with Crippen molar-refractivity contribution < 1.29 is 5.11 Å². The predicted octanol–water partition coefficient (Wildman–Crippen LogP) is 2.95. The third-order valence-electron chi connectivity index (χ3n) is 3.13. The lowest BCUT2D eigenvalue weighted by atomic mass is 10.0. The third kappa shape index (κ3) is 1.89. The summed E-state index contributed by atoms with van der Waals surface area (Å²) in [5, 5.41) is 11.3. The second kappa shape index (κ2) is 4.27. The molecule has 0 aliphatic rings. The maximum absolute atomic E-state index is 10.3. The number of aliphatic hydroxyl groups excluding tert-OH is 1. The number of fused-ring (bicyclic) bond motifs is 1. The van der Waals surface area contributed by atoms with E-state index in [4.69, 9.17) is 0 Å². The second-order valence-corrected chi connectivity index (χ2v) is 4.50. The molecule has 90 valence electrons. The number of benzene rings is 1. The lowest BCUT2D eigenvalue weighted by molar-refractivity contribution is 0.220. The van der Waals surface area contributed by atoms with E-state index in [-0.39, 0.29) is 0 Å². The van der Waals surface area contributed by atoms with Gasteiger partial charge in [-0.1, -0.05) is 29.8 Å². The van der Waals surface area contributed by atoms with E-state index in [0.29, 0.717) is 0 Å². The SMILES string of the molecule is Cc1ccc([C@@H](O)c2cnc3[nH]ccc3c2)cc1. The lowest BCUT2D eigenvalue weighted by Gasteiger charge is -2.11. The van der Waals surface area contributed by atoms with Crippen LogP contribution < -0.4 is 0 Å². The minimum Gasteiger partial charge on any atom is -0.384 e. The quantitative estimate of drug-likeness (QED) is 0.721. The summed E-state index contributed by atoms with van der Waals surface area (Å²) in [6.45, 7) is 2.03. The minimum atomic E-state index is -0.627. The molecule has 0 unspecified atom stereocenters. The van der Waals surface area contributed by atoms with Crippen LogP contribution in [0.2, 0.25) is 0 Å². The van der Waals surface area contributed by atoms with Gasteiger partial charge in [-0.05, 0) is 24.6 Å². The van der Waals surface area contributed by atoms with Crippen LogP contribution >= 0.6 is 0 Å². The van der Waals surface area contributed by atoms with Crippen LogP contribution in [0.1, 0.15) is 22.8 Å². The number of H-pyrrole nitrogens is 1. The zero-order valence-electron chi connectivity index (χ0n) is 10.1. The molecule has 3 rings (SSSR count). The highest BCUT2D eigenvalue weighted by Gasteiger charge is 2.11. The van der Waals surface area contributed by atoms with Crippen LogP contribution in [0.3, 0.4) is 0 Å². The molecule has 3 nitrogen and oxygen atoms in total. The summed E-state index contributed by atoms with van der Waals surface area (Å²) in [6.07, 6.45) is 2.93. The van der Waals surface area contributed by atoms with Crippen molar-refractivity contribution in [2.45, 2.75) is 13.0 Å². The van der Waals surface area contributed by atoms with Gasteiger partial charge in [0.1, 0.15) is 11.8 Å². The fourth-order valence-electron chi connectivity index (χ4n) is 2.05. The maximum atomic E-state index is 10.3. The Balaban J connectivity index is 2.00. The molecule has 2 aromatic heterocycles. The van der Waals surface area contributed by atoms with E-state index in [1.165, 1.54) is 5.56 Å². The van der Waals surface area contributed by atoms with E-state index in [2.05, 4.69) is 9.97 Å². The number of pyridine rings is 1. The van der Waals surface area contributed by atoms with Crippen LogP contribution in [-0.4, -0.2) is 15.1 Å². The molecule has 0 aliphatic carbocycles. The topological polar surface area (TPSA) is 48.9 Å². The van der Waals surface area contributed by atoms with Crippen LogP contribution in [0.5, 0.6) is 0 Å². The summed E-state index contributed by atoms with van der Waals surface area (Å²) < 4.78 is 0. The number of aromatic amines is 1. The summed E-state index contributed by atoms with van der Waals surface area (Å²) in [5.74, 6) is 0. The minimum absolute atomic E-state index is 0.627. The van der Waals surface area contributed by atoms with Crippen molar-refractivity contribution in [1.82, 2.24) is 9.97 Å². The highest BCUT2D eigenvalue weighted by molar-refractivity contribution is 5.75. The Morgan fingerprint density at radius 1 is 1.11 bits per heavy atom. The van der Waals surface area contributed by atoms with Crippen molar-refractivity contribution in [3.8, 4) is 0 Å². The molecule has 0 saturated carbocycles. The van der Waals surface area contributed by atoms with E-state index in [1.54, 1.807) is 6.20 Å². The molecule has 2 heterocycles. The number of aromatic nitrogens is 2. The van der Waals surface area contributed by atoms with Crippen molar-refractivity contribution in [1.29, 1.82) is 0 Å². The van der Waals surface area contributed by atoms with Crippen molar-refractivity contribution >= 4 is 11.0 Å². The number of hydrogen-bond donors (Lipinski definition) is 2. The highest BCUT2D eigenvalue weighted by atomic mass is 16.3. The molecule has 0 radical (unpaired) electrons. The summed E-state index contributed by atoms with van der Waals surface area (Å²) in [6, 6.07) is 11.8. The zero-order valence-corrected chi connectivity index (χ0v) is 10.1. The summed E-state index contributed by atoms with van der Waals surface area (Å²) in [7, 11) is 0. The Morgan fingerprint density at radius 3 is 2.67 bits per heavy atom. The molecule has 18 heavy (non-hydrogen) atoms. The van der Waals surface area contributed by atoms with Crippen LogP contribution in [0.4, 0.5) is 0 Å². The van der Waals surface area contributed by atoms with Crippen LogP contribution in [0.15, 0.2) is 48.8 Å². The second-order valence-electron chi connectivity index (χ2n) is 4.50. The van der Waals surface area contributed by atoms with Crippen molar-refractivity contribution in [2.24, 2.45) is 0 Å². The van der Waals surface area contributed by atoms with Crippen LogP contribution in [0.25, 0.3) is 11.0 Å². The molecule has 1 atom stereocenters. The molecule has 1 aromatic carbocycles. The average molecular weight is 238 g/mol. The predicted molar refractivity (Wildman–Crippen MR) is 71.3 cm³/mol. The molecule has 0 fully saturated rings. The number of nitrogens with zero attached hydrogens (tertiary/aromatic N) is 1. The Bertz CT molecular complexity index is 670. The fraction of sp³-hybridized carbons (Fsp3) is 0.133. The van der Waals surface area contributed by atoms with E-state index in [1.807, 2.05) is 49.5 Å². The largest absolute Gasteiger partial charge is 0.384 e. The van der Waals surface area contributed by atoms with E-state index < -0.39 is 6.10 Å². The number of nitrogens with one attached hydrogen (secondary N) is 1. The standard InChI is InChI=1S/C15H14N2O/c1-10-2-4-11(5-3-10)14(18)13-8-12-6-7-16-15(12)17-9-13/h2-9,14,18H,1H3,(H,16,17)/t14-/m1/s1. The van der Waals surface area contributed by atoms with Gasteiger partial charge in [-0.3, -0.25) is 0 Å². The monoisotopic (exact) mass is 238 g/mol. The van der Waals surface area contributed by atoms with Crippen molar-refractivity contribution in [2.75, 3.05) is 0 Å². The van der Waals surface area contributed by atoms with E-state index in [0.717, 1.165) is 22.2 Å². The average Bonchev–Trinajstić information content (AvgIpc) is 2.86. The third-order valence-corrected chi connectivity index (χ3v) is 3.13. The lowest BCUT2D eigenvalue weighted by Crippen LogP contribution is -2.00. The molecule has 0 aliphatic heterocycles. The smallest absolute Gasteiger partial charge is 0.137 e. The van der Waals surface area contributed by atoms with Gasteiger partial charge in [-0.25, -0.2) is 4.98 Å².